The van der Waals surface area contributed by atoms with Crippen LogP contribution in [0.15, 0.2) is 30.3 Å². The number of benzene rings is 1. The Morgan fingerprint density at radius 1 is 1.23 bits per heavy atom. The highest BCUT2D eigenvalue weighted by atomic mass is 19.3. The van der Waals surface area contributed by atoms with Gasteiger partial charge in [-0.25, -0.2) is 8.78 Å². The maximum atomic E-state index is 13.4. The average Bonchev–Trinajstić information content (AvgIpc) is 2.64. The molecular weight excluding hydrogens is 336 g/mol. The average molecular weight is 367 g/mol. The van der Waals surface area contributed by atoms with Gasteiger partial charge < -0.3 is 15.1 Å². The number of hydrogen-bond donors (Lipinski definition) is 1. The van der Waals surface area contributed by atoms with E-state index in [0.29, 0.717) is 19.3 Å². The van der Waals surface area contributed by atoms with Crippen molar-refractivity contribution in [2.75, 3.05) is 33.7 Å². The molecule has 0 aromatic heterocycles. The number of aryl methyl sites for hydroxylation is 1. The normalized spacial score (nSPS) is 17.4. The molecule has 0 bridgehead atoms. The van der Waals surface area contributed by atoms with Crippen molar-refractivity contribution in [1.82, 2.24) is 15.1 Å². The molecule has 1 aliphatic heterocycles. The van der Waals surface area contributed by atoms with E-state index < -0.39 is 12.5 Å². The van der Waals surface area contributed by atoms with Crippen LogP contribution in [0, 0.1) is 0 Å². The molecule has 0 aliphatic carbocycles. The zero-order valence-electron chi connectivity index (χ0n) is 15.8. The van der Waals surface area contributed by atoms with Crippen LogP contribution in [0.1, 0.15) is 31.2 Å². The molecule has 1 atom stereocenters. The first-order chi connectivity index (χ1) is 12.5. The minimum atomic E-state index is -2.35. The van der Waals surface area contributed by atoms with Crippen molar-refractivity contribution in [2.24, 2.45) is 0 Å². The Balaban J connectivity index is 1.72. The largest absolute Gasteiger partial charge is 0.349 e. The van der Waals surface area contributed by atoms with Crippen LogP contribution in [0.3, 0.4) is 0 Å². The van der Waals surface area contributed by atoms with Crippen LogP contribution in [0.5, 0.6) is 0 Å². The molecule has 1 aromatic rings. The number of amides is 1. The molecule has 1 N–H and O–H groups in total. The van der Waals surface area contributed by atoms with Gasteiger partial charge in [-0.2, -0.15) is 0 Å². The molecule has 4 nitrogen and oxygen atoms in total. The first-order valence-electron chi connectivity index (χ1n) is 9.46. The summed E-state index contributed by atoms with van der Waals surface area (Å²) in [4.78, 5) is 15.5. The zero-order chi connectivity index (χ0) is 18.9. The predicted molar refractivity (Wildman–Crippen MR) is 100 cm³/mol. The highest BCUT2D eigenvalue weighted by Crippen LogP contribution is 2.16. The lowest BCUT2D eigenvalue weighted by molar-refractivity contribution is -0.129. The van der Waals surface area contributed by atoms with Gasteiger partial charge in [0.25, 0.3) is 6.43 Å². The van der Waals surface area contributed by atoms with Gasteiger partial charge in [0.15, 0.2) is 0 Å². The van der Waals surface area contributed by atoms with E-state index in [9.17, 15) is 13.6 Å². The number of hydrogen-bond acceptors (Lipinski definition) is 3. The Kier molecular flexibility index (Phi) is 8.45. The molecule has 146 valence electrons. The second-order valence-corrected chi connectivity index (χ2v) is 7.29. The molecule has 1 fully saturated rings. The standard InChI is InChI=1S/C20H31F2N3O/c1-24(2)19(26)12-15-25-13-10-17(11-14-25)23-18(20(21)22)9-8-16-6-4-3-5-7-16/h3-7,17-18,20,23H,8-15H2,1-2H3/t18-/m1/s1. The summed E-state index contributed by atoms with van der Waals surface area (Å²) >= 11 is 0. The number of carbonyl (C=O) groups excluding carboxylic acids is 1. The third kappa shape index (κ3) is 7.00. The van der Waals surface area contributed by atoms with Crippen LogP contribution in [-0.4, -0.2) is 67.9 Å². The van der Waals surface area contributed by atoms with Crippen LogP contribution in [-0.2, 0) is 11.2 Å². The molecule has 1 aromatic carbocycles. The number of nitrogens with zero attached hydrogens (tertiary/aromatic N) is 2. The summed E-state index contributed by atoms with van der Waals surface area (Å²) in [6.45, 7) is 2.45. The summed E-state index contributed by atoms with van der Waals surface area (Å²) < 4.78 is 26.8. The maximum Gasteiger partial charge on any atom is 0.253 e. The molecule has 6 heteroatoms. The molecule has 0 radical (unpaired) electrons. The number of halogens is 2. The number of alkyl halides is 2. The highest BCUT2D eigenvalue weighted by Gasteiger charge is 2.26. The summed E-state index contributed by atoms with van der Waals surface area (Å²) in [5.41, 5.74) is 1.10. The van der Waals surface area contributed by atoms with Gasteiger partial charge >= 0.3 is 0 Å². The van der Waals surface area contributed by atoms with Gasteiger partial charge in [0, 0.05) is 33.1 Å². The third-order valence-corrected chi connectivity index (χ3v) is 5.07. The van der Waals surface area contributed by atoms with Crippen molar-refractivity contribution in [3.63, 3.8) is 0 Å². The molecule has 2 rings (SSSR count). The van der Waals surface area contributed by atoms with E-state index >= 15 is 0 Å². The Hall–Kier alpha value is -1.53. The van der Waals surface area contributed by atoms with E-state index in [1.165, 1.54) is 0 Å². The van der Waals surface area contributed by atoms with Crippen LogP contribution in [0.4, 0.5) is 8.78 Å². The van der Waals surface area contributed by atoms with E-state index in [1.807, 2.05) is 30.3 Å². The van der Waals surface area contributed by atoms with Crippen molar-refractivity contribution in [3.05, 3.63) is 35.9 Å². The van der Waals surface area contributed by atoms with Crippen molar-refractivity contribution >= 4 is 5.91 Å². The minimum Gasteiger partial charge on any atom is -0.349 e. The fourth-order valence-corrected chi connectivity index (χ4v) is 3.35. The van der Waals surface area contributed by atoms with Crippen LogP contribution >= 0.6 is 0 Å². The maximum absolute atomic E-state index is 13.4. The lowest BCUT2D eigenvalue weighted by Gasteiger charge is -2.34. The fourth-order valence-electron chi connectivity index (χ4n) is 3.35. The van der Waals surface area contributed by atoms with Gasteiger partial charge in [0.1, 0.15) is 0 Å². The Labute approximate surface area is 155 Å². The molecule has 1 saturated heterocycles. The summed E-state index contributed by atoms with van der Waals surface area (Å²) in [6, 6.07) is 9.15. The van der Waals surface area contributed by atoms with Gasteiger partial charge in [0.2, 0.25) is 5.91 Å². The van der Waals surface area contributed by atoms with Crippen molar-refractivity contribution in [1.29, 1.82) is 0 Å². The van der Waals surface area contributed by atoms with Crippen LogP contribution < -0.4 is 5.32 Å². The monoisotopic (exact) mass is 367 g/mol. The third-order valence-electron chi connectivity index (χ3n) is 5.07. The highest BCUT2D eigenvalue weighted by molar-refractivity contribution is 5.75. The molecule has 0 spiro atoms. The Bertz CT molecular complexity index is 531. The van der Waals surface area contributed by atoms with Crippen LogP contribution in [0.2, 0.25) is 0 Å². The smallest absolute Gasteiger partial charge is 0.253 e. The molecule has 0 unspecified atom stereocenters. The van der Waals surface area contributed by atoms with E-state index in [2.05, 4.69) is 10.2 Å². The Morgan fingerprint density at radius 2 is 1.88 bits per heavy atom. The van der Waals surface area contributed by atoms with Gasteiger partial charge in [-0.05, 0) is 44.3 Å². The predicted octanol–water partition coefficient (Wildman–Crippen LogP) is 2.79. The number of piperidine rings is 1. The first kappa shape index (κ1) is 20.8. The van der Waals surface area contributed by atoms with Gasteiger partial charge in [-0.3, -0.25) is 4.79 Å². The van der Waals surface area contributed by atoms with Gasteiger partial charge in [-0.15, -0.1) is 0 Å². The lowest BCUT2D eigenvalue weighted by atomic mass is 10.0. The minimum absolute atomic E-state index is 0.129. The first-order valence-corrected chi connectivity index (χ1v) is 9.46. The zero-order valence-corrected chi connectivity index (χ0v) is 15.8. The SMILES string of the molecule is CN(C)C(=O)CCN1CCC(N[C@H](CCc2ccccc2)C(F)F)CC1. The number of rotatable bonds is 9. The van der Waals surface area contributed by atoms with Crippen LogP contribution in [0.25, 0.3) is 0 Å². The van der Waals surface area contributed by atoms with E-state index in [1.54, 1.807) is 19.0 Å². The Morgan fingerprint density at radius 3 is 2.46 bits per heavy atom. The molecule has 26 heavy (non-hydrogen) atoms. The topological polar surface area (TPSA) is 35.6 Å². The number of carbonyl (C=O) groups is 1. The van der Waals surface area contributed by atoms with Gasteiger partial charge in [0.05, 0.1) is 6.04 Å². The summed E-state index contributed by atoms with van der Waals surface area (Å²) in [6.07, 6.45) is 0.972. The van der Waals surface area contributed by atoms with E-state index in [4.69, 9.17) is 0 Å². The molecule has 1 aliphatic rings. The van der Waals surface area contributed by atoms with E-state index in [0.717, 1.165) is 38.0 Å². The van der Waals surface area contributed by atoms with Gasteiger partial charge in [-0.1, -0.05) is 30.3 Å². The molecular formula is C20H31F2N3O. The second kappa shape index (κ2) is 10.6. The summed E-state index contributed by atoms with van der Waals surface area (Å²) in [5.74, 6) is 0.129. The second-order valence-electron chi connectivity index (χ2n) is 7.29. The molecule has 1 amide bonds. The molecule has 0 saturated carbocycles. The summed E-state index contributed by atoms with van der Waals surface area (Å²) in [5, 5.41) is 3.18. The number of nitrogens with one attached hydrogen (secondary N) is 1. The lowest BCUT2D eigenvalue weighted by Crippen LogP contribution is -2.49. The van der Waals surface area contributed by atoms with E-state index in [-0.39, 0.29) is 11.9 Å². The summed E-state index contributed by atoms with van der Waals surface area (Å²) in [7, 11) is 3.52. The quantitative estimate of drug-likeness (QED) is 0.729. The fraction of sp³-hybridized carbons (Fsp3) is 0.650. The van der Waals surface area contributed by atoms with Crippen molar-refractivity contribution in [3.8, 4) is 0 Å². The number of likely N-dealkylation sites (tertiary alicyclic amines) is 1. The van der Waals surface area contributed by atoms with Crippen molar-refractivity contribution < 1.29 is 13.6 Å². The molecule has 1 heterocycles. The van der Waals surface area contributed by atoms with Crippen molar-refractivity contribution in [2.45, 2.75) is 50.6 Å².